The van der Waals surface area contributed by atoms with Crippen LogP contribution >= 0.6 is 0 Å². The molecule has 0 saturated carbocycles. The summed E-state index contributed by atoms with van der Waals surface area (Å²) in [6.45, 7) is 0. The number of hydrogen-bond donors (Lipinski definition) is 0. The molecule has 0 aliphatic rings. The van der Waals surface area contributed by atoms with Crippen molar-refractivity contribution in [1.29, 1.82) is 0 Å². The summed E-state index contributed by atoms with van der Waals surface area (Å²) in [5, 5.41) is 0. The van der Waals surface area contributed by atoms with Crippen LogP contribution in [0.2, 0.25) is 0 Å². The molecule has 0 unspecified atom stereocenters. The van der Waals surface area contributed by atoms with Gasteiger partial charge < -0.3 is 24.0 Å². The van der Waals surface area contributed by atoms with Crippen LogP contribution in [0, 0.1) is 79.0 Å². The minimum Gasteiger partial charge on any atom is -1.00 e. The van der Waals surface area contributed by atoms with Gasteiger partial charge in [0.05, 0.1) is 0 Å². The second-order valence-corrected chi connectivity index (χ2v) is 0. The van der Waals surface area contributed by atoms with Gasteiger partial charge in [-0.2, -0.15) is 0 Å². The van der Waals surface area contributed by atoms with Gasteiger partial charge in [-0.05, 0) is 0 Å². The molecule has 0 aromatic rings. The van der Waals surface area contributed by atoms with E-state index in [1.165, 1.54) is 0 Å². The van der Waals surface area contributed by atoms with Crippen molar-refractivity contribution in [1.82, 2.24) is 0 Å². The molecule has 0 rings (SSSR count). The molecular weight excluding hydrogens is 567 g/mol. The van der Waals surface area contributed by atoms with Gasteiger partial charge >= 0.3 is 68.9 Å². The Balaban J connectivity index is 0. The third-order valence-electron chi connectivity index (χ3n) is 0. The molecule has 0 bridgehead atoms. The standard InChI is InChI=1S/Cs.Dy.HI.Nd/h;;1H;/q+1;;;/p-1. The number of halogens is 1. The van der Waals surface area contributed by atoms with Crippen LogP contribution in [0.4, 0.5) is 0 Å². The van der Waals surface area contributed by atoms with Gasteiger partial charge in [0, 0.05) is 79.0 Å². The Morgan fingerprint density at radius 3 is 1.00 bits per heavy atom. The summed E-state index contributed by atoms with van der Waals surface area (Å²) in [7, 11) is 0. The quantitative estimate of drug-likeness (QED) is 0.257. The topological polar surface area (TPSA) is 0 Å². The SMILES string of the molecule is [Cs+].[Dy].[I-].[Nd]. The first-order chi connectivity index (χ1) is 0. The van der Waals surface area contributed by atoms with Gasteiger partial charge in [-0.1, -0.05) is 0 Å². The van der Waals surface area contributed by atoms with Gasteiger partial charge in [0.25, 0.3) is 0 Å². The largest absolute Gasteiger partial charge is 1.00 e. The van der Waals surface area contributed by atoms with Crippen LogP contribution in [0.25, 0.3) is 0 Å². The van der Waals surface area contributed by atoms with Crippen LogP contribution in [0.15, 0.2) is 0 Å². The maximum absolute atomic E-state index is 0. The zero-order chi connectivity index (χ0) is 0. The van der Waals surface area contributed by atoms with E-state index in [0.717, 1.165) is 0 Å². The molecule has 22 valence electrons. The Morgan fingerprint density at radius 2 is 1.00 bits per heavy atom. The molecule has 0 N–H and O–H groups in total. The minimum absolute atomic E-state index is 0. The summed E-state index contributed by atoms with van der Waals surface area (Å²) in [5.74, 6) is 0. The zero-order valence-electron chi connectivity index (χ0n) is 2.19. The molecule has 0 atom stereocenters. The predicted octanol–water partition coefficient (Wildman–Crippen LogP) is -5.99. The van der Waals surface area contributed by atoms with E-state index < -0.39 is 0 Å². The van der Waals surface area contributed by atoms with Crippen molar-refractivity contribution in [3.05, 3.63) is 0 Å². The first-order valence-corrected chi connectivity index (χ1v) is 0. The van der Waals surface area contributed by atoms with E-state index in [9.17, 15) is 0 Å². The molecule has 0 spiro atoms. The van der Waals surface area contributed by atoms with Crippen LogP contribution in [-0.2, 0) is 0 Å². The first kappa shape index (κ1) is 22.7. The Labute approximate surface area is 165 Å². The molecule has 0 aromatic carbocycles. The Hall–Kier alpha value is 5.41. The van der Waals surface area contributed by atoms with E-state index in [-0.39, 0.29) is 172 Å². The third kappa shape index (κ3) is 10.4. The summed E-state index contributed by atoms with van der Waals surface area (Å²) in [4.78, 5) is 0. The molecule has 0 heterocycles. The van der Waals surface area contributed by atoms with Gasteiger partial charge in [0.2, 0.25) is 0 Å². The van der Waals surface area contributed by atoms with Gasteiger partial charge in [-0.25, -0.2) is 0 Å². The van der Waals surface area contributed by atoms with E-state index >= 15 is 0 Å². The molecule has 0 saturated heterocycles. The maximum Gasteiger partial charge on any atom is 1.00 e. The van der Waals surface area contributed by atoms with Crippen LogP contribution in [-0.4, -0.2) is 0 Å². The van der Waals surface area contributed by atoms with Crippen molar-refractivity contribution in [2.24, 2.45) is 0 Å². The van der Waals surface area contributed by atoms with Crippen molar-refractivity contribution in [3.63, 3.8) is 0 Å². The fourth-order valence-corrected chi connectivity index (χ4v) is 0. The second kappa shape index (κ2) is 15.8. The fourth-order valence-electron chi connectivity index (χ4n) is 0. The van der Waals surface area contributed by atoms with Gasteiger partial charge in [0.1, 0.15) is 0 Å². The summed E-state index contributed by atoms with van der Waals surface area (Å²) in [6.07, 6.45) is 0. The summed E-state index contributed by atoms with van der Waals surface area (Å²) >= 11 is 0. The van der Waals surface area contributed by atoms with Gasteiger partial charge in [0.15, 0.2) is 0 Å². The van der Waals surface area contributed by atoms with E-state index in [1.807, 2.05) is 0 Å². The average molecular weight is 567 g/mol. The fraction of sp³-hybridized carbons (Fsp3) is 0. The molecular formula is CsDyINd. The molecule has 0 fully saturated rings. The van der Waals surface area contributed by atoms with Crippen molar-refractivity contribution in [2.45, 2.75) is 0 Å². The third-order valence-corrected chi connectivity index (χ3v) is 0. The zero-order valence-corrected chi connectivity index (χ0v) is 15.9. The molecule has 0 aromatic heterocycles. The second-order valence-electron chi connectivity index (χ2n) is 0. The molecule has 0 aliphatic carbocycles. The van der Waals surface area contributed by atoms with Crippen LogP contribution in [0.1, 0.15) is 0 Å². The van der Waals surface area contributed by atoms with Crippen LogP contribution in [0.3, 0.4) is 0 Å². The van der Waals surface area contributed by atoms with E-state index in [1.54, 1.807) is 0 Å². The average Bonchev–Trinajstić information content (AvgIpc) is 0. The van der Waals surface area contributed by atoms with E-state index in [4.69, 9.17) is 0 Å². The molecule has 4 heavy (non-hydrogen) atoms. The smallest absolute Gasteiger partial charge is 1.00 e. The minimum atomic E-state index is 0. The van der Waals surface area contributed by atoms with Crippen molar-refractivity contribution >= 4 is 0 Å². The van der Waals surface area contributed by atoms with E-state index in [0.29, 0.717) is 0 Å². The van der Waals surface area contributed by atoms with Gasteiger partial charge in [-0.3, -0.25) is 0 Å². The first-order valence-electron chi connectivity index (χ1n) is 0. The summed E-state index contributed by atoms with van der Waals surface area (Å²) < 4.78 is 0. The maximum atomic E-state index is 0. The Kier molecular flexibility index (Phi) is 89.7. The summed E-state index contributed by atoms with van der Waals surface area (Å²) in [6, 6.07) is 0. The molecule has 0 aliphatic heterocycles. The normalized spacial score (nSPS) is 0. The molecule has 0 nitrogen and oxygen atoms in total. The molecule has 4 heteroatoms. The Bertz CT molecular complexity index is 8.00. The van der Waals surface area contributed by atoms with Crippen LogP contribution < -0.4 is 92.9 Å². The molecule has 0 radical (unpaired) electrons. The Morgan fingerprint density at radius 1 is 1.00 bits per heavy atom. The van der Waals surface area contributed by atoms with Crippen molar-refractivity contribution in [3.8, 4) is 0 Å². The monoisotopic (exact) mass is 566 g/mol. The number of hydrogen-bond acceptors (Lipinski definition) is 0. The van der Waals surface area contributed by atoms with Crippen molar-refractivity contribution in [2.75, 3.05) is 0 Å². The van der Waals surface area contributed by atoms with Gasteiger partial charge in [-0.15, -0.1) is 0 Å². The van der Waals surface area contributed by atoms with Crippen LogP contribution in [0.5, 0.6) is 0 Å². The predicted molar refractivity (Wildman–Crippen MR) is 0 cm³/mol. The number of rotatable bonds is 0. The van der Waals surface area contributed by atoms with E-state index in [2.05, 4.69) is 0 Å². The van der Waals surface area contributed by atoms with Crippen molar-refractivity contribution < 1.29 is 172 Å². The molecule has 0 amide bonds. The summed E-state index contributed by atoms with van der Waals surface area (Å²) in [5.41, 5.74) is 0.